The summed E-state index contributed by atoms with van der Waals surface area (Å²) >= 11 is 0. The van der Waals surface area contributed by atoms with Crippen molar-refractivity contribution < 1.29 is 9.18 Å². The Morgan fingerprint density at radius 1 is 1.13 bits per heavy atom. The number of aryl methyl sites for hydroxylation is 1. The summed E-state index contributed by atoms with van der Waals surface area (Å²) in [6.45, 7) is 1.82. The number of nitrogens with one attached hydrogen (secondary N) is 1. The van der Waals surface area contributed by atoms with E-state index in [2.05, 4.69) is 11.4 Å². The van der Waals surface area contributed by atoms with E-state index in [0.717, 1.165) is 37.1 Å². The second-order valence-electron chi connectivity index (χ2n) is 5.83. The van der Waals surface area contributed by atoms with Gasteiger partial charge in [0.25, 0.3) is 0 Å². The third kappa shape index (κ3) is 3.96. The number of rotatable bonds is 5. The summed E-state index contributed by atoms with van der Waals surface area (Å²) in [5, 5.41) is 3.19. The Morgan fingerprint density at radius 3 is 2.74 bits per heavy atom. The van der Waals surface area contributed by atoms with Gasteiger partial charge in [-0.05, 0) is 55.1 Å². The first-order valence-electron chi connectivity index (χ1n) is 8.07. The molecule has 0 saturated carbocycles. The van der Waals surface area contributed by atoms with Gasteiger partial charge in [0.15, 0.2) is 0 Å². The maximum Gasteiger partial charge on any atom is 0.240 e. The first-order chi connectivity index (χ1) is 11.2. The van der Waals surface area contributed by atoms with Crippen molar-refractivity contribution in [2.75, 3.05) is 24.5 Å². The minimum Gasteiger partial charge on any atom is -0.311 e. The quantitative estimate of drug-likeness (QED) is 0.861. The lowest BCUT2D eigenvalue weighted by atomic mass is 10.0. The molecular weight excluding hydrogens is 291 g/mol. The molecule has 0 aliphatic carbocycles. The average molecular weight is 312 g/mol. The number of carbonyl (C=O) groups is 1. The molecule has 3 rings (SSSR count). The number of benzene rings is 2. The lowest BCUT2D eigenvalue weighted by Gasteiger charge is -2.29. The van der Waals surface area contributed by atoms with Crippen molar-refractivity contribution in [3.8, 4) is 0 Å². The molecule has 2 aromatic rings. The highest BCUT2D eigenvalue weighted by molar-refractivity contribution is 5.95. The fraction of sp³-hybridized carbons (Fsp3) is 0.316. The molecule has 1 aliphatic rings. The maximum atomic E-state index is 12.8. The summed E-state index contributed by atoms with van der Waals surface area (Å²) in [6, 6.07) is 14.6. The highest BCUT2D eigenvalue weighted by Crippen LogP contribution is 2.26. The predicted molar refractivity (Wildman–Crippen MR) is 90.1 cm³/mol. The van der Waals surface area contributed by atoms with Crippen LogP contribution in [0.3, 0.4) is 0 Å². The van der Waals surface area contributed by atoms with Crippen LogP contribution in [0, 0.1) is 5.82 Å². The Labute approximate surface area is 136 Å². The van der Waals surface area contributed by atoms with Crippen molar-refractivity contribution in [2.45, 2.75) is 19.3 Å². The van der Waals surface area contributed by atoms with E-state index in [-0.39, 0.29) is 11.7 Å². The second kappa shape index (κ2) is 7.38. The normalized spacial score (nSPS) is 13.7. The van der Waals surface area contributed by atoms with Crippen LogP contribution >= 0.6 is 0 Å². The van der Waals surface area contributed by atoms with Crippen molar-refractivity contribution in [1.82, 2.24) is 5.32 Å². The molecule has 1 amide bonds. The Kier molecular flexibility index (Phi) is 5.03. The Balaban J connectivity index is 1.49. The zero-order valence-corrected chi connectivity index (χ0v) is 13.1. The van der Waals surface area contributed by atoms with Gasteiger partial charge in [-0.1, -0.05) is 30.3 Å². The van der Waals surface area contributed by atoms with Crippen molar-refractivity contribution in [3.63, 3.8) is 0 Å². The van der Waals surface area contributed by atoms with Crippen LogP contribution in [0.4, 0.5) is 10.1 Å². The number of hydrogen-bond donors (Lipinski definition) is 1. The van der Waals surface area contributed by atoms with Gasteiger partial charge >= 0.3 is 0 Å². The van der Waals surface area contributed by atoms with Gasteiger partial charge in [0, 0.05) is 12.2 Å². The van der Waals surface area contributed by atoms with E-state index in [1.54, 1.807) is 12.1 Å². The number of amides is 1. The number of halogens is 1. The minimum atomic E-state index is -0.222. The third-order valence-electron chi connectivity index (χ3n) is 4.19. The molecule has 0 atom stereocenters. The fourth-order valence-electron chi connectivity index (χ4n) is 2.97. The van der Waals surface area contributed by atoms with Gasteiger partial charge in [0.1, 0.15) is 5.82 Å². The first kappa shape index (κ1) is 15.7. The largest absolute Gasteiger partial charge is 0.311 e. The SMILES string of the molecule is O=C(CNCCc1ccc(F)cc1)N1CCCc2ccccc21. The second-order valence-corrected chi connectivity index (χ2v) is 5.83. The zero-order valence-electron chi connectivity index (χ0n) is 13.1. The molecule has 0 spiro atoms. The summed E-state index contributed by atoms with van der Waals surface area (Å²) in [5.41, 5.74) is 3.36. The van der Waals surface area contributed by atoms with E-state index < -0.39 is 0 Å². The molecule has 23 heavy (non-hydrogen) atoms. The molecule has 4 heteroatoms. The van der Waals surface area contributed by atoms with Gasteiger partial charge in [0.2, 0.25) is 5.91 Å². The van der Waals surface area contributed by atoms with Crippen LogP contribution in [-0.4, -0.2) is 25.5 Å². The molecule has 0 unspecified atom stereocenters. The molecule has 1 N–H and O–H groups in total. The van der Waals surface area contributed by atoms with Gasteiger partial charge in [0.05, 0.1) is 6.54 Å². The van der Waals surface area contributed by atoms with Crippen molar-refractivity contribution in [2.24, 2.45) is 0 Å². The van der Waals surface area contributed by atoms with Gasteiger partial charge in [-0.3, -0.25) is 4.79 Å². The van der Waals surface area contributed by atoms with Crippen molar-refractivity contribution in [1.29, 1.82) is 0 Å². The Morgan fingerprint density at radius 2 is 1.91 bits per heavy atom. The maximum absolute atomic E-state index is 12.8. The van der Waals surface area contributed by atoms with E-state index >= 15 is 0 Å². The average Bonchev–Trinajstić information content (AvgIpc) is 2.59. The summed E-state index contributed by atoms with van der Waals surface area (Å²) in [7, 11) is 0. The molecule has 2 aromatic carbocycles. The van der Waals surface area contributed by atoms with E-state index in [1.165, 1.54) is 17.7 Å². The summed E-state index contributed by atoms with van der Waals surface area (Å²) in [4.78, 5) is 14.3. The molecule has 1 aliphatic heterocycles. The molecule has 0 saturated heterocycles. The molecular formula is C19H21FN2O. The van der Waals surface area contributed by atoms with Gasteiger partial charge in [-0.25, -0.2) is 4.39 Å². The van der Waals surface area contributed by atoms with Crippen LogP contribution in [0.25, 0.3) is 0 Å². The molecule has 0 radical (unpaired) electrons. The van der Waals surface area contributed by atoms with E-state index in [1.807, 2.05) is 23.1 Å². The lowest BCUT2D eigenvalue weighted by Crippen LogP contribution is -2.41. The lowest BCUT2D eigenvalue weighted by molar-refractivity contribution is -0.117. The van der Waals surface area contributed by atoms with Crippen molar-refractivity contribution >= 4 is 11.6 Å². The molecule has 0 fully saturated rings. The molecule has 0 bridgehead atoms. The first-order valence-corrected chi connectivity index (χ1v) is 8.07. The summed E-state index contributed by atoms with van der Waals surface area (Å²) < 4.78 is 12.8. The molecule has 1 heterocycles. The monoisotopic (exact) mass is 312 g/mol. The number of carbonyl (C=O) groups excluding carboxylic acids is 1. The van der Waals surface area contributed by atoms with Gasteiger partial charge in [-0.15, -0.1) is 0 Å². The number of fused-ring (bicyclic) bond motifs is 1. The van der Waals surface area contributed by atoms with Gasteiger partial charge < -0.3 is 10.2 Å². The molecule has 3 nitrogen and oxygen atoms in total. The fourth-order valence-corrected chi connectivity index (χ4v) is 2.97. The number of nitrogens with zero attached hydrogens (tertiary/aromatic N) is 1. The van der Waals surface area contributed by atoms with E-state index in [4.69, 9.17) is 0 Å². The van der Waals surface area contributed by atoms with Crippen LogP contribution in [0.5, 0.6) is 0 Å². The third-order valence-corrected chi connectivity index (χ3v) is 4.19. The van der Waals surface area contributed by atoms with E-state index in [9.17, 15) is 9.18 Å². The van der Waals surface area contributed by atoms with Crippen LogP contribution < -0.4 is 10.2 Å². The Bertz CT molecular complexity index is 669. The smallest absolute Gasteiger partial charge is 0.240 e. The molecule has 120 valence electrons. The number of hydrogen-bond acceptors (Lipinski definition) is 2. The van der Waals surface area contributed by atoms with Crippen LogP contribution in [0.15, 0.2) is 48.5 Å². The zero-order chi connectivity index (χ0) is 16.1. The standard InChI is InChI=1S/C19H21FN2O/c20-17-9-7-15(8-10-17)11-12-21-14-19(23)22-13-3-5-16-4-1-2-6-18(16)22/h1-2,4,6-10,21H,3,5,11-14H2. The topological polar surface area (TPSA) is 32.3 Å². The minimum absolute atomic E-state index is 0.108. The summed E-state index contributed by atoms with van der Waals surface area (Å²) in [6.07, 6.45) is 2.83. The van der Waals surface area contributed by atoms with Crippen LogP contribution in [0.2, 0.25) is 0 Å². The predicted octanol–water partition coefficient (Wildman–Crippen LogP) is 2.94. The number of anilines is 1. The van der Waals surface area contributed by atoms with Crippen LogP contribution in [-0.2, 0) is 17.6 Å². The van der Waals surface area contributed by atoms with Crippen LogP contribution in [0.1, 0.15) is 17.5 Å². The Hall–Kier alpha value is -2.20. The number of para-hydroxylation sites is 1. The van der Waals surface area contributed by atoms with Gasteiger partial charge in [-0.2, -0.15) is 0 Å². The molecule has 0 aromatic heterocycles. The highest BCUT2D eigenvalue weighted by Gasteiger charge is 2.21. The van der Waals surface area contributed by atoms with E-state index in [0.29, 0.717) is 13.1 Å². The highest BCUT2D eigenvalue weighted by atomic mass is 19.1. The van der Waals surface area contributed by atoms with Crippen molar-refractivity contribution in [3.05, 3.63) is 65.5 Å². The summed E-state index contributed by atoms with van der Waals surface area (Å²) in [5.74, 6) is -0.114.